The Morgan fingerprint density at radius 1 is 0.463 bits per heavy atom. The smallest absolute Gasteiger partial charge is 0.328 e. The third-order valence-electron chi connectivity index (χ3n) is 12.5. The number of rotatable bonds is 2. The Balaban J connectivity index is 1.40. The monoisotopic (exact) mass is 704 g/mol. The number of fused-ring (bicyclic) bond motifs is 7. The summed E-state index contributed by atoms with van der Waals surface area (Å²) in [6, 6.07) is 47.0. The molecule has 0 aromatic heterocycles. The topological polar surface area (TPSA) is 6.48 Å². The average Bonchev–Trinajstić information content (AvgIpc) is 3.35. The van der Waals surface area contributed by atoms with E-state index in [0.717, 1.165) is 0 Å². The van der Waals surface area contributed by atoms with Gasteiger partial charge in [-0.2, -0.15) is 0 Å². The zero-order chi connectivity index (χ0) is 38.1. The lowest BCUT2D eigenvalue weighted by atomic mass is 9.45. The third-order valence-corrected chi connectivity index (χ3v) is 12.5. The van der Waals surface area contributed by atoms with E-state index in [1.54, 1.807) is 0 Å². The lowest BCUT2D eigenvalue weighted by molar-refractivity contribution is 0.589. The summed E-state index contributed by atoms with van der Waals surface area (Å²) in [4.78, 5) is 5.25. The van der Waals surface area contributed by atoms with Crippen molar-refractivity contribution in [3.05, 3.63) is 149 Å². The minimum absolute atomic E-state index is 0.00604. The van der Waals surface area contributed by atoms with E-state index in [9.17, 15) is 0 Å². The number of hydrogen-bond donors (Lipinski definition) is 0. The van der Waals surface area contributed by atoms with Crippen LogP contribution < -0.4 is 20.6 Å². The molecule has 9 rings (SSSR count). The number of hydrogen-bond acceptors (Lipinski definition) is 2. The van der Waals surface area contributed by atoms with Gasteiger partial charge in [0.2, 0.25) is 0 Å². The molecule has 2 aliphatic heterocycles. The third kappa shape index (κ3) is 5.14. The van der Waals surface area contributed by atoms with Crippen LogP contribution in [0, 0.1) is 0 Å². The molecule has 54 heavy (non-hydrogen) atoms. The second kappa shape index (κ2) is 11.5. The van der Waals surface area contributed by atoms with Crippen molar-refractivity contribution >= 4 is 46.2 Å². The molecule has 2 nitrogen and oxygen atoms in total. The predicted octanol–water partition coefficient (Wildman–Crippen LogP) is 12.6. The second-order valence-electron chi connectivity index (χ2n) is 19.6. The number of nitrogens with zero attached hydrogens (tertiary/aromatic N) is 2. The summed E-state index contributed by atoms with van der Waals surface area (Å²) in [6.45, 7) is 25.8. The van der Waals surface area contributed by atoms with Gasteiger partial charge in [0.15, 0.2) is 0 Å². The molecule has 0 spiro atoms. The fourth-order valence-corrected chi connectivity index (χ4v) is 9.28. The van der Waals surface area contributed by atoms with Gasteiger partial charge in [-0.3, -0.25) is 0 Å². The van der Waals surface area contributed by atoms with E-state index in [1.807, 2.05) is 0 Å². The van der Waals surface area contributed by atoms with Gasteiger partial charge in [-0.25, -0.2) is 0 Å². The summed E-state index contributed by atoms with van der Waals surface area (Å²) in [6.07, 6.45) is 0. The first-order chi connectivity index (χ1) is 25.4. The lowest BCUT2D eigenvalue weighted by Gasteiger charge is -2.48. The van der Waals surface area contributed by atoms with Gasteiger partial charge in [0.05, 0.1) is 22.7 Å². The molecule has 6 aromatic carbocycles. The van der Waals surface area contributed by atoms with Crippen LogP contribution in [0.5, 0.6) is 0 Å². The standard InChI is InChI=1S/C51H53BN2/c1-48(2,3)32-21-25-43-39(27-32)40-28-34(50(7,8)9)30-46-47(40)54(44-26-22-33(49(4,5)6)29-45(44)53(46)36-17-13-12-14-18-36)52(43)35-23-24-38-37-19-15-16-20-41(37)51(10,11)42(38)31-35/h12-31H,1-11H3. The molecule has 6 aromatic rings. The Labute approximate surface area is 324 Å². The summed E-state index contributed by atoms with van der Waals surface area (Å²) >= 11 is 0. The van der Waals surface area contributed by atoms with E-state index in [2.05, 4.69) is 207 Å². The van der Waals surface area contributed by atoms with Crippen molar-refractivity contribution in [1.29, 1.82) is 0 Å². The van der Waals surface area contributed by atoms with Crippen LogP contribution in [-0.2, 0) is 21.7 Å². The van der Waals surface area contributed by atoms with E-state index in [1.165, 1.54) is 89.4 Å². The highest BCUT2D eigenvalue weighted by atomic mass is 15.3. The van der Waals surface area contributed by atoms with Gasteiger partial charge in [-0.15, -0.1) is 0 Å². The molecule has 0 unspecified atom stereocenters. The van der Waals surface area contributed by atoms with Crippen molar-refractivity contribution in [3.8, 4) is 22.3 Å². The molecule has 0 atom stereocenters. The second-order valence-corrected chi connectivity index (χ2v) is 19.6. The summed E-state index contributed by atoms with van der Waals surface area (Å²) in [5.41, 5.74) is 21.0. The lowest BCUT2D eigenvalue weighted by Crippen LogP contribution is -2.58. The molecule has 3 heteroatoms. The van der Waals surface area contributed by atoms with Crippen LogP contribution in [0.1, 0.15) is 104 Å². The van der Waals surface area contributed by atoms with Gasteiger partial charge in [-0.05, 0) is 103 Å². The Hall–Kier alpha value is -5.02. The summed E-state index contributed by atoms with van der Waals surface area (Å²) < 4.78 is 0. The minimum Gasteiger partial charge on any atom is -0.373 e. The average molecular weight is 705 g/mol. The SMILES string of the molecule is CC(C)(C)c1ccc2c(c1)-c1cc(C(C)(C)C)cc3c1N(B2c1ccc2c(c1)C(C)(C)c1ccccc1-2)c1ccc(C(C)(C)C)cc1N3c1ccccc1. The van der Waals surface area contributed by atoms with Crippen LogP contribution in [0.2, 0.25) is 0 Å². The molecule has 1 aliphatic carbocycles. The molecular weight excluding hydrogens is 651 g/mol. The largest absolute Gasteiger partial charge is 0.373 e. The maximum atomic E-state index is 2.70. The van der Waals surface area contributed by atoms with Gasteiger partial charge in [0.25, 0.3) is 0 Å². The zero-order valence-corrected chi connectivity index (χ0v) is 34.0. The summed E-state index contributed by atoms with van der Waals surface area (Å²) in [5.74, 6) is 0. The molecule has 3 aliphatic rings. The van der Waals surface area contributed by atoms with Gasteiger partial charge in [-0.1, -0.05) is 167 Å². The molecule has 0 saturated heterocycles. The van der Waals surface area contributed by atoms with Crippen LogP contribution in [0.15, 0.2) is 121 Å². The molecule has 0 bridgehead atoms. The van der Waals surface area contributed by atoms with Crippen molar-refractivity contribution in [3.63, 3.8) is 0 Å². The first-order valence-electron chi connectivity index (χ1n) is 19.8. The summed E-state index contributed by atoms with van der Waals surface area (Å²) in [5, 5.41) is 0. The summed E-state index contributed by atoms with van der Waals surface area (Å²) in [7, 11) is 0. The minimum atomic E-state index is -0.0915. The molecular formula is C51H53BN2. The Morgan fingerprint density at radius 2 is 1.06 bits per heavy atom. The van der Waals surface area contributed by atoms with Gasteiger partial charge >= 0.3 is 6.85 Å². The zero-order valence-electron chi connectivity index (χ0n) is 34.0. The fourth-order valence-electron chi connectivity index (χ4n) is 9.28. The first-order valence-corrected chi connectivity index (χ1v) is 19.8. The van der Waals surface area contributed by atoms with Crippen molar-refractivity contribution in [2.45, 2.75) is 97.8 Å². The molecule has 2 heterocycles. The van der Waals surface area contributed by atoms with Gasteiger partial charge in [0, 0.05) is 16.7 Å². The normalized spacial score (nSPS) is 15.4. The highest BCUT2D eigenvalue weighted by Gasteiger charge is 2.46. The van der Waals surface area contributed by atoms with E-state index >= 15 is 0 Å². The van der Waals surface area contributed by atoms with E-state index in [0.29, 0.717) is 0 Å². The number of para-hydroxylation sites is 1. The number of anilines is 5. The number of benzene rings is 6. The molecule has 0 fully saturated rings. The van der Waals surface area contributed by atoms with Crippen LogP contribution in [0.25, 0.3) is 22.3 Å². The molecule has 0 amide bonds. The maximum Gasteiger partial charge on any atom is 0.328 e. The van der Waals surface area contributed by atoms with Crippen LogP contribution in [0.4, 0.5) is 28.4 Å². The molecule has 0 saturated carbocycles. The van der Waals surface area contributed by atoms with Gasteiger partial charge in [0.1, 0.15) is 0 Å². The van der Waals surface area contributed by atoms with Crippen LogP contribution in [0.3, 0.4) is 0 Å². The fraction of sp³-hybridized carbons (Fsp3) is 0.294. The highest BCUT2D eigenvalue weighted by molar-refractivity contribution is 6.91. The van der Waals surface area contributed by atoms with E-state index < -0.39 is 0 Å². The molecule has 0 radical (unpaired) electrons. The van der Waals surface area contributed by atoms with E-state index in [-0.39, 0.29) is 28.5 Å². The Bertz CT molecular complexity index is 2490. The first kappa shape index (κ1) is 34.7. The van der Waals surface area contributed by atoms with Crippen molar-refractivity contribution in [2.24, 2.45) is 0 Å². The van der Waals surface area contributed by atoms with Crippen LogP contribution in [-0.4, -0.2) is 6.85 Å². The quantitative estimate of drug-likeness (QED) is 0.166. The Morgan fingerprint density at radius 3 is 1.76 bits per heavy atom. The van der Waals surface area contributed by atoms with Gasteiger partial charge < -0.3 is 9.71 Å². The van der Waals surface area contributed by atoms with Crippen molar-refractivity contribution in [1.82, 2.24) is 0 Å². The molecule has 0 N–H and O–H groups in total. The maximum absolute atomic E-state index is 2.70. The van der Waals surface area contributed by atoms with Crippen LogP contribution >= 0.6 is 0 Å². The van der Waals surface area contributed by atoms with Crippen molar-refractivity contribution in [2.75, 3.05) is 9.71 Å². The predicted molar refractivity (Wildman–Crippen MR) is 234 cm³/mol. The Kier molecular flexibility index (Phi) is 7.40. The van der Waals surface area contributed by atoms with Crippen molar-refractivity contribution < 1.29 is 0 Å². The van der Waals surface area contributed by atoms with E-state index in [4.69, 9.17) is 0 Å². The molecule has 270 valence electrons. The highest BCUT2D eigenvalue weighted by Crippen LogP contribution is 2.58.